The number of amides is 1. The first-order valence-electron chi connectivity index (χ1n) is 7.63. The van der Waals surface area contributed by atoms with Gasteiger partial charge in [0.2, 0.25) is 0 Å². The van der Waals surface area contributed by atoms with Gasteiger partial charge in [-0.15, -0.1) is 11.3 Å². The molecular formula is C17H14FN3O2S. The zero-order valence-electron chi connectivity index (χ0n) is 12.7. The predicted molar refractivity (Wildman–Crippen MR) is 89.0 cm³/mol. The van der Waals surface area contributed by atoms with Crippen molar-refractivity contribution in [1.82, 2.24) is 14.3 Å². The highest BCUT2D eigenvalue weighted by molar-refractivity contribution is 7.15. The Kier molecular flexibility index (Phi) is 3.65. The quantitative estimate of drug-likeness (QED) is 0.718. The molecular weight excluding hydrogens is 329 g/mol. The summed E-state index contributed by atoms with van der Waals surface area (Å²) in [5, 5.41) is 1.75. The second-order valence-electron chi connectivity index (χ2n) is 5.79. The Bertz CT molecular complexity index is 981. The van der Waals surface area contributed by atoms with Gasteiger partial charge in [0.25, 0.3) is 11.5 Å². The van der Waals surface area contributed by atoms with Crippen molar-refractivity contribution in [2.45, 2.75) is 12.3 Å². The number of nitrogens with zero attached hydrogens (tertiary/aromatic N) is 3. The average molecular weight is 343 g/mol. The Labute approximate surface area is 141 Å². The molecule has 0 aliphatic carbocycles. The molecule has 1 aliphatic heterocycles. The number of halogens is 1. The molecule has 1 amide bonds. The number of likely N-dealkylation sites (tertiary alicyclic amines) is 1. The van der Waals surface area contributed by atoms with Crippen molar-refractivity contribution in [3.05, 3.63) is 69.3 Å². The van der Waals surface area contributed by atoms with Crippen LogP contribution < -0.4 is 5.56 Å². The minimum atomic E-state index is -0.361. The van der Waals surface area contributed by atoms with Crippen molar-refractivity contribution in [2.24, 2.45) is 0 Å². The molecule has 0 radical (unpaired) electrons. The van der Waals surface area contributed by atoms with Gasteiger partial charge in [0, 0.05) is 36.8 Å². The molecule has 7 heteroatoms. The molecule has 24 heavy (non-hydrogen) atoms. The number of carbonyl (C=O) groups excluding carboxylic acids is 1. The van der Waals surface area contributed by atoms with Crippen LogP contribution in [0.3, 0.4) is 0 Å². The van der Waals surface area contributed by atoms with Gasteiger partial charge in [0.15, 0.2) is 4.96 Å². The summed E-state index contributed by atoms with van der Waals surface area (Å²) in [6.07, 6.45) is 3.63. The third-order valence-electron chi connectivity index (χ3n) is 4.39. The van der Waals surface area contributed by atoms with Crippen molar-refractivity contribution in [2.75, 3.05) is 13.1 Å². The zero-order chi connectivity index (χ0) is 16.7. The van der Waals surface area contributed by atoms with Gasteiger partial charge in [0.05, 0.1) is 0 Å². The summed E-state index contributed by atoms with van der Waals surface area (Å²) in [5.74, 6) is -0.638. The Hall–Kier alpha value is -2.54. The van der Waals surface area contributed by atoms with Crippen LogP contribution in [0.25, 0.3) is 4.96 Å². The molecule has 5 nitrogen and oxygen atoms in total. The van der Waals surface area contributed by atoms with Gasteiger partial charge < -0.3 is 4.90 Å². The second kappa shape index (κ2) is 5.83. The first-order valence-corrected chi connectivity index (χ1v) is 8.51. The van der Waals surface area contributed by atoms with E-state index in [1.807, 2.05) is 0 Å². The van der Waals surface area contributed by atoms with E-state index >= 15 is 0 Å². The monoisotopic (exact) mass is 343 g/mol. The van der Waals surface area contributed by atoms with Crippen LogP contribution in [-0.2, 0) is 0 Å². The highest BCUT2D eigenvalue weighted by Crippen LogP contribution is 2.29. The number of fused-ring (bicyclic) bond motifs is 1. The summed E-state index contributed by atoms with van der Waals surface area (Å²) in [6.45, 7) is 0.912. The maximum atomic E-state index is 13.9. The molecule has 3 heterocycles. The normalized spacial score (nSPS) is 17.5. The topological polar surface area (TPSA) is 54.7 Å². The SMILES string of the molecule is O=C(c1cnc2sccn2c1=O)N1CC[C@@H](c2ccccc2F)C1. The lowest BCUT2D eigenvalue weighted by atomic mass is 9.98. The summed E-state index contributed by atoms with van der Waals surface area (Å²) >= 11 is 1.34. The maximum Gasteiger partial charge on any atom is 0.271 e. The molecule has 0 unspecified atom stereocenters. The Balaban J connectivity index is 1.60. The van der Waals surface area contributed by atoms with Crippen LogP contribution in [0, 0.1) is 5.82 Å². The van der Waals surface area contributed by atoms with Crippen LogP contribution in [0.2, 0.25) is 0 Å². The lowest BCUT2D eigenvalue weighted by Gasteiger charge is -2.16. The van der Waals surface area contributed by atoms with E-state index in [4.69, 9.17) is 0 Å². The molecule has 0 spiro atoms. The van der Waals surface area contributed by atoms with Gasteiger partial charge in [-0.1, -0.05) is 18.2 Å². The Morgan fingerprint density at radius 3 is 3.00 bits per heavy atom. The molecule has 1 atom stereocenters. The first kappa shape index (κ1) is 15.0. The van der Waals surface area contributed by atoms with Gasteiger partial charge in [-0.2, -0.15) is 0 Å². The van der Waals surface area contributed by atoms with E-state index in [-0.39, 0.29) is 28.8 Å². The Morgan fingerprint density at radius 1 is 1.33 bits per heavy atom. The second-order valence-corrected chi connectivity index (χ2v) is 6.66. The minimum Gasteiger partial charge on any atom is -0.338 e. The number of hydrogen-bond donors (Lipinski definition) is 0. The number of rotatable bonds is 2. The van der Waals surface area contributed by atoms with Gasteiger partial charge >= 0.3 is 0 Å². The van der Waals surface area contributed by atoms with Crippen LogP contribution in [-0.4, -0.2) is 33.3 Å². The molecule has 1 saturated heterocycles. The van der Waals surface area contributed by atoms with Crippen LogP contribution in [0.15, 0.2) is 46.8 Å². The van der Waals surface area contributed by atoms with Crippen molar-refractivity contribution < 1.29 is 9.18 Å². The largest absolute Gasteiger partial charge is 0.338 e. The number of carbonyl (C=O) groups is 1. The van der Waals surface area contributed by atoms with Crippen molar-refractivity contribution in [3.63, 3.8) is 0 Å². The van der Waals surface area contributed by atoms with Crippen LogP contribution in [0.4, 0.5) is 4.39 Å². The molecule has 1 fully saturated rings. The summed E-state index contributed by atoms with van der Waals surface area (Å²) in [5.41, 5.74) is 0.316. The van der Waals surface area contributed by atoms with E-state index in [0.717, 1.165) is 0 Å². The number of thiazole rings is 1. The minimum absolute atomic E-state index is 0.0456. The van der Waals surface area contributed by atoms with Gasteiger partial charge in [-0.25, -0.2) is 9.37 Å². The number of hydrogen-bond acceptors (Lipinski definition) is 4. The third kappa shape index (κ3) is 2.41. The summed E-state index contributed by atoms with van der Waals surface area (Å²) in [6, 6.07) is 6.63. The maximum absolute atomic E-state index is 13.9. The third-order valence-corrected chi connectivity index (χ3v) is 5.16. The fourth-order valence-electron chi connectivity index (χ4n) is 3.15. The van der Waals surface area contributed by atoms with Gasteiger partial charge in [-0.05, 0) is 18.1 Å². The van der Waals surface area contributed by atoms with E-state index < -0.39 is 0 Å². The summed E-state index contributed by atoms with van der Waals surface area (Å²) in [7, 11) is 0. The predicted octanol–water partition coefficient (Wildman–Crippen LogP) is 2.52. The average Bonchev–Trinajstić information content (AvgIpc) is 3.25. The van der Waals surface area contributed by atoms with E-state index in [1.54, 1.807) is 34.7 Å². The van der Waals surface area contributed by atoms with E-state index in [0.29, 0.717) is 30.0 Å². The smallest absolute Gasteiger partial charge is 0.271 e. The summed E-state index contributed by atoms with van der Waals surface area (Å²) in [4.78, 5) is 31.4. The first-order chi connectivity index (χ1) is 11.6. The zero-order valence-corrected chi connectivity index (χ0v) is 13.5. The van der Waals surface area contributed by atoms with E-state index in [1.165, 1.54) is 28.0 Å². The lowest BCUT2D eigenvalue weighted by Crippen LogP contribution is -2.34. The highest BCUT2D eigenvalue weighted by atomic mass is 32.1. The Morgan fingerprint density at radius 2 is 2.17 bits per heavy atom. The van der Waals surface area contributed by atoms with Gasteiger partial charge in [0.1, 0.15) is 11.4 Å². The van der Waals surface area contributed by atoms with Crippen molar-refractivity contribution >= 4 is 22.2 Å². The molecule has 0 saturated carbocycles. The van der Waals surface area contributed by atoms with Crippen LogP contribution in [0.5, 0.6) is 0 Å². The van der Waals surface area contributed by atoms with Crippen LogP contribution in [0.1, 0.15) is 28.3 Å². The molecule has 0 bridgehead atoms. The molecule has 2 aromatic heterocycles. The fraction of sp³-hybridized carbons (Fsp3) is 0.235. The number of benzene rings is 1. The molecule has 1 aromatic carbocycles. The lowest BCUT2D eigenvalue weighted by molar-refractivity contribution is 0.0788. The van der Waals surface area contributed by atoms with E-state index in [9.17, 15) is 14.0 Å². The summed E-state index contributed by atoms with van der Waals surface area (Å²) < 4.78 is 15.3. The fourth-order valence-corrected chi connectivity index (χ4v) is 3.82. The molecule has 3 aromatic rings. The van der Waals surface area contributed by atoms with Gasteiger partial charge in [-0.3, -0.25) is 14.0 Å². The number of aromatic nitrogens is 2. The van der Waals surface area contributed by atoms with Crippen molar-refractivity contribution in [3.8, 4) is 0 Å². The highest BCUT2D eigenvalue weighted by Gasteiger charge is 2.30. The molecule has 122 valence electrons. The molecule has 0 N–H and O–H groups in total. The van der Waals surface area contributed by atoms with Crippen molar-refractivity contribution in [1.29, 1.82) is 0 Å². The molecule has 4 rings (SSSR count). The molecule has 1 aliphatic rings. The van der Waals surface area contributed by atoms with Crippen LogP contribution >= 0.6 is 11.3 Å². The van der Waals surface area contributed by atoms with E-state index in [2.05, 4.69) is 4.98 Å². The standard InChI is InChI=1S/C17H14FN3O2S/c18-14-4-2-1-3-12(14)11-5-6-20(10-11)15(22)13-9-19-17-21(16(13)23)7-8-24-17/h1-4,7-9,11H,5-6,10H2/t11-/m1/s1.